The van der Waals surface area contributed by atoms with Gasteiger partial charge in [0.2, 0.25) is 0 Å². The topological polar surface area (TPSA) is 78.4 Å². The second kappa shape index (κ2) is 15.7. The average Bonchev–Trinajstić information content (AvgIpc) is 3.27. The Labute approximate surface area is 174 Å². The molecule has 2 heterocycles. The molecule has 1 aromatic rings. The molecule has 1 atom stereocenters. The number of methoxy groups -OCH3 is 1. The summed E-state index contributed by atoms with van der Waals surface area (Å²) in [6.45, 7) is 8.03. The van der Waals surface area contributed by atoms with Crippen LogP contribution in [0.15, 0.2) is 41.3 Å². The van der Waals surface area contributed by atoms with E-state index >= 15 is 0 Å². The first kappa shape index (κ1) is 24.8. The van der Waals surface area contributed by atoms with Crippen LogP contribution in [0.5, 0.6) is 5.75 Å². The Hall–Kier alpha value is -2.22. The Balaban J connectivity index is 0.000000223. The number of ether oxygens (including phenoxy) is 3. The number of rotatable bonds is 7. The lowest BCUT2D eigenvalue weighted by molar-refractivity contribution is -0.103. The van der Waals surface area contributed by atoms with Crippen LogP contribution in [0.2, 0.25) is 0 Å². The van der Waals surface area contributed by atoms with E-state index in [1.807, 2.05) is 45.2 Å². The number of aryl methyl sites for hydroxylation is 1. The predicted molar refractivity (Wildman–Crippen MR) is 114 cm³/mol. The van der Waals surface area contributed by atoms with Gasteiger partial charge in [0.05, 0.1) is 13.7 Å². The fraction of sp³-hybridized carbons (Fsp3) is 0.545. The fourth-order valence-corrected chi connectivity index (χ4v) is 2.59. The quantitative estimate of drug-likeness (QED) is 0.701. The van der Waals surface area contributed by atoms with E-state index in [0.29, 0.717) is 37.4 Å². The van der Waals surface area contributed by atoms with Crippen molar-refractivity contribution in [2.24, 2.45) is 11.1 Å². The molecule has 2 aliphatic rings. The van der Waals surface area contributed by atoms with Crippen molar-refractivity contribution in [2.75, 3.05) is 47.1 Å². The van der Waals surface area contributed by atoms with Gasteiger partial charge >= 0.3 is 0 Å². The molecule has 7 nitrogen and oxygen atoms in total. The Morgan fingerprint density at radius 3 is 2.62 bits per heavy atom. The molecule has 0 saturated carbocycles. The van der Waals surface area contributed by atoms with Crippen molar-refractivity contribution >= 4 is 12.0 Å². The van der Waals surface area contributed by atoms with Crippen LogP contribution in [0.1, 0.15) is 25.3 Å². The second-order valence-electron chi connectivity index (χ2n) is 6.56. The lowest BCUT2D eigenvalue weighted by Crippen LogP contribution is -2.18. The lowest BCUT2D eigenvalue weighted by atomic mass is 10.1. The molecule has 1 saturated heterocycles. The predicted octanol–water partition coefficient (Wildman–Crippen LogP) is 3.13. The number of allylic oxidation sites excluding steroid dienone is 1. The monoisotopic (exact) mass is 406 g/mol. The summed E-state index contributed by atoms with van der Waals surface area (Å²) in [5.74, 6) is 2.40. The van der Waals surface area contributed by atoms with Crippen molar-refractivity contribution in [3.63, 3.8) is 0 Å². The van der Waals surface area contributed by atoms with Crippen LogP contribution >= 0.6 is 0 Å². The SMILES string of the molecule is CCOCC1=CCC(C=O)=NO1.CNCC1CCOC1.COc1ccccc1C. The highest BCUT2D eigenvalue weighted by atomic mass is 16.6. The van der Waals surface area contributed by atoms with Gasteiger partial charge in [-0.15, -0.1) is 0 Å². The average molecular weight is 407 g/mol. The van der Waals surface area contributed by atoms with Crippen LogP contribution in [0.25, 0.3) is 0 Å². The van der Waals surface area contributed by atoms with Crippen LogP contribution in [0, 0.1) is 12.8 Å². The number of carbonyl (C=O) groups excluding carboxylic acids is 1. The minimum atomic E-state index is 0.412. The molecule has 0 bridgehead atoms. The third-order valence-corrected chi connectivity index (χ3v) is 4.23. The number of aldehydes is 1. The molecule has 0 aromatic heterocycles. The summed E-state index contributed by atoms with van der Waals surface area (Å²) in [6.07, 6.45) is 4.26. The van der Waals surface area contributed by atoms with E-state index < -0.39 is 0 Å². The molecular formula is C22H34N2O5. The van der Waals surface area contributed by atoms with Gasteiger partial charge in [-0.05, 0) is 57.5 Å². The van der Waals surface area contributed by atoms with Crippen molar-refractivity contribution in [3.8, 4) is 5.75 Å². The molecule has 1 fully saturated rings. The van der Waals surface area contributed by atoms with E-state index in [1.165, 1.54) is 12.0 Å². The van der Waals surface area contributed by atoms with E-state index in [9.17, 15) is 4.79 Å². The summed E-state index contributed by atoms with van der Waals surface area (Å²) in [4.78, 5) is 15.1. The van der Waals surface area contributed by atoms with E-state index in [-0.39, 0.29) is 0 Å². The second-order valence-corrected chi connectivity index (χ2v) is 6.56. The van der Waals surface area contributed by atoms with Gasteiger partial charge in [0.1, 0.15) is 18.1 Å². The highest BCUT2D eigenvalue weighted by Crippen LogP contribution is 2.14. The van der Waals surface area contributed by atoms with Crippen molar-refractivity contribution in [1.82, 2.24) is 5.32 Å². The van der Waals surface area contributed by atoms with Crippen LogP contribution in [0.3, 0.4) is 0 Å². The summed E-state index contributed by atoms with van der Waals surface area (Å²) in [5.41, 5.74) is 1.59. The minimum Gasteiger partial charge on any atom is -0.496 e. The number of hydrogen-bond acceptors (Lipinski definition) is 7. The molecule has 7 heteroatoms. The first-order valence-corrected chi connectivity index (χ1v) is 9.92. The standard InChI is InChI=1S/C8H11NO3.C8H10O.C6H13NO/c1-2-11-6-8-4-3-7(5-10)9-12-8;1-7-5-3-4-6-8(7)9-2;1-7-4-6-2-3-8-5-6/h4-5H,2-3,6H2,1H3;3-6H,1-2H3;6-7H,2-5H2,1H3. The molecular weight excluding hydrogens is 372 g/mol. The Kier molecular flexibility index (Phi) is 13.4. The Bertz CT molecular complexity index is 640. The smallest absolute Gasteiger partial charge is 0.167 e. The van der Waals surface area contributed by atoms with Gasteiger partial charge in [0, 0.05) is 19.6 Å². The highest BCUT2D eigenvalue weighted by molar-refractivity contribution is 6.28. The zero-order valence-corrected chi connectivity index (χ0v) is 18.0. The van der Waals surface area contributed by atoms with Gasteiger partial charge in [-0.3, -0.25) is 4.79 Å². The maximum absolute atomic E-state index is 10.2. The van der Waals surface area contributed by atoms with Gasteiger partial charge in [0.25, 0.3) is 0 Å². The number of nitrogens with one attached hydrogen (secondary N) is 1. The Morgan fingerprint density at radius 1 is 1.34 bits per heavy atom. The molecule has 1 unspecified atom stereocenters. The third kappa shape index (κ3) is 10.8. The highest BCUT2D eigenvalue weighted by Gasteiger charge is 2.13. The summed E-state index contributed by atoms with van der Waals surface area (Å²) < 4.78 is 15.3. The van der Waals surface area contributed by atoms with Crippen LogP contribution in [-0.2, 0) is 19.1 Å². The molecule has 0 spiro atoms. The molecule has 1 aromatic carbocycles. The largest absolute Gasteiger partial charge is 0.496 e. The third-order valence-electron chi connectivity index (χ3n) is 4.23. The summed E-state index contributed by atoms with van der Waals surface area (Å²) in [6, 6.07) is 7.94. The van der Waals surface area contributed by atoms with Crippen LogP contribution in [0.4, 0.5) is 0 Å². The molecule has 0 aliphatic carbocycles. The number of benzene rings is 1. The van der Waals surface area contributed by atoms with Gasteiger partial charge in [-0.2, -0.15) is 0 Å². The number of nitrogens with zero attached hydrogens (tertiary/aromatic N) is 1. The summed E-state index contributed by atoms with van der Waals surface area (Å²) in [7, 11) is 3.67. The Morgan fingerprint density at radius 2 is 2.14 bits per heavy atom. The van der Waals surface area contributed by atoms with E-state index in [2.05, 4.69) is 10.5 Å². The number of para-hydroxylation sites is 1. The summed E-state index contributed by atoms with van der Waals surface area (Å²) >= 11 is 0. The van der Waals surface area contributed by atoms with Crippen molar-refractivity contribution in [2.45, 2.75) is 26.7 Å². The van der Waals surface area contributed by atoms with Gasteiger partial charge in [-0.25, -0.2) is 0 Å². The van der Waals surface area contributed by atoms with Crippen molar-refractivity contribution < 1.29 is 23.8 Å². The zero-order valence-electron chi connectivity index (χ0n) is 18.0. The molecule has 1 N–H and O–H groups in total. The zero-order chi connectivity index (χ0) is 21.3. The van der Waals surface area contributed by atoms with E-state index in [4.69, 9.17) is 19.0 Å². The fourth-order valence-electron chi connectivity index (χ4n) is 2.59. The number of hydrogen-bond donors (Lipinski definition) is 1. The molecule has 0 radical (unpaired) electrons. The maximum Gasteiger partial charge on any atom is 0.167 e. The number of carbonyl (C=O) groups is 1. The first-order chi connectivity index (χ1) is 14.1. The molecule has 3 rings (SSSR count). The molecule has 29 heavy (non-hydrogen) atoms. The van der Waals surface area contributed by atoms with E-state index in [0.717, 1.165) is 31.4 Å². The number of oxime groups is 1. The van der Waals surface area contributed by atoms with Crippen LogP contribution < -0.4 is 10.1 Å². The first-order valence-electron chi connectivity index (χ1n) is 9.92. The van der Waals surface area contributed by atoms with Gasteiger partial charge < -0.3 is 24.4 Å². The normalized spacial score (nSPS) is 17.4. The molecule has 2 aliphatic heterocycles. The van der Waals surface area contributed by atoms with Crippen molar-refractivity contribution in [1.29, 1.82) is 0 Å². The van der Waals surface area contributed by atoms with Gasteiger partial charge in [0.15, 0.2) is 12.0 Å². The molecule has 0 amide bonds. The summed E-state index contributed by atoms with van der Waals surface area (Å²) in [5, 5.41) is 6.71. The lowest BCUT2D eigenvalue weighted by Gasteiger charge is -2.09. The minimum absolute atomic E-state index is 0.412. The maximum atomic E-state index is 10.2. The molecule has 162 valence electrons. The van der Waals surface area contributed by atoms with Crippen molar-refractivity contribution in [3.05, 3.63) is 41.7 Å². The van der Waals surface area contributed by atoms with E-state index in [1.54, 1.807) is 13.2 Å². The van der Waals surface area contributed by atoms with Crippen LogP contribution in [-0.4, -0.2) is 59.1 Å². The van der Waals surface area contributed by atoms with Gasteiger partial charge in [-0.1, -0.05) is 23.4 Å².